The van der Waals surface area contributed by atoms with E-state index in [1.54, 1.807) is 0 Å². The molecule has 2 rings (SSSR count). The third-order valence-corrected chi connectivity index (χ3v) is 14.2. The number of carbonyl (C=O) groups is 2. The monoisotopic (exact) mass is 967 g/mol. The van der Waals surface area contributed by atoms with E-state index in [0.29, 0.717) is 44.9 Å². The maximum atomic E-state index is 13.5. The van der Waals surface area contributed by atoms with Gasteiger partial charge >= 0.3 is 19.8 Å². The van der Waals surface area contributed by atoms with Crippen LogP contribution in [0.3, 0.4) is 0 Å². The van der Waals surface area contributed by atoms with Gasteiger partial charge in [-0.1, -0.05) is 167 Å². The number of unbranched alkanes of at least 4 members (excludes halogenated alkanes) is 18. The summed E-state index contributed by atoms with van der Waals surface area (Å²) in [7, 11) is -5.42. The van der Waals surface area contributed by atoms with Crippen molar-refractivity contribution in [1.82, 2.24) is 0 Å². The molecule has 1 aliphatic carbocycles. The Labute approximate surface area is 395 Å². The second-order valence-electron chi connectivity index (χ2n) is 19.0. The molecule has 1 heterocycles. The highest BCUT2D eigenvalue weighted by atomic mass is 31.2. The minimum Gasteiger partial charge on any atom is -0.462 e. The molecule has 0 aromatic rings. The fourth-order valence-corrected chi connectivity index (χ4v) is 9.94. The van der Waals surface area contributed by atoms with E-state index in [2.05, 4.69) is 6.92 Å². The summed E-state index contributed by atoms with van der Waals surface area (Å²) in [6.45, 7) is 2.89. The van der Waals surface area contributed by atoms with Crippen LogP contribution in [0.1, 0.15) is 200 Å². The maximum absolute atomic E-state index is 13.5. The molecule has 0 aromatic heterocycles. The lowest BCUT2D eigenvalue weighted by molar-refractivity contribution is -0.167. The highest BCUT2D eigenvalue weighted by Crippen LogP contribution is 2.47. The molecule has 0 spiro atoms. The summed E-state index contributed by atoms with van der Waals surface area (Å²) in [6.07, 6.45) is 8.59. The first kappa shape index (κ1) is 60.6. The minimum absolute atomic E-state index is 0.0445. The molecule has 16 nitrogen and oxygen atoms in total. The van der Waals surface area contributed by atoms with Gasteiger partial charge in [-0.05, 0) is 25.7 Å². The number of esters is 2. The predicted molar refractivity (Wildman–Crippen MR) is 251 cm³/mol. The normalized spacial score (nSPS) is 31.8. The molecule has 2 aliphatic rings. The third kappa shape index (κ3) is 25.4. The summed E-state index contributed by atoms with van der Waals surface area (Å²) in [4.78, 5) is 36.5. The number of carbonyl (C=O) groups excluding carboxylic acids is 2. The van der Waals surface area contributed by atoms with Gasteiger partial charge in [0, 0.05) is 31.1 Å². The molecule has 9 N–H and O–H groups in total. The van der Waals surface area contributed by atoms with E-state index in [0.717, 1.165) is 38.5 Å². The lowest BCUT2D eigenvalue weighted by atomic mass is 9.82. The Morgan fingerprint density at radius 3 is 1.82 bits per heavy atom. The first-order valence-electron chi connectivity index (χ1n) is 25.7. The molecule has 2 bridgehead atoms. The summed E-state index contributed by atoms with van der Waals surface area (Å²) in [5.41, 5.74) is 0. The zero-order valence-corrected chi connectivity index (χ0v) is 41.2. The Hall–Kier alpha value is -1.53. The number of hydrogen-bond acceptors (Lipinski definition) is 15. The number of hydrogen-bond donors (Lipinski definition) is 9. The van der Waals surface area contributed by atoms with Gasteiger partial charge in [0.15, 0.2) is 6.10 Å². The van der Waals surface area contributed by atoms with E-state index in [9.17, 15) is 59.9 Å². The second-order valence-corrected chi connectivity index (χ2v) is 20.4. The molecule has 2 fully saturated rings. The van der Waals surface area contributed by atoms with Crippen LogP contribution in [0, 0.1) is 11.8 Å². The standard InChI is InChI=1S/C49H91O16P/c1-3-5-7-8-9-10-11-12-13-14-15-16-17-18-19-20-25-29-42(53)62-34-37-35-63-66(60,61)65-49-47(58)45(56)39(32-31-36(50)27-23-6-4-2)41(52)33-40(51)38(44(55)46(57)48(49)59)28-24-21-22-26-30-43(54)64-37/h31-32,36-41,44-52,55-59H,3-30,33-35H2,1-2H3,(H,60,61)/b32-31+/t36-,37+,38-,39-,40-,41+,44+,45+,46-,47+,48+,49+/m0/s1. The van der Waals surface area contributed by atoms with Gasteiger partial charge in [0.2, 0.25) is 0 Å². The Balaban J connectivity index is 2.06. The number of ether oxygens (including phenoxy) is 2. The van der Waals surface area contributed by atoms with Gasteiger partial charge in [-0.3, -0.25) is 18.6 Å². The summed E-state index contributed by atoms with van der Waals surface area (Å²) >= 11 is 0. The van der Waals surface area contributed by atoms with Gasteiger partial charge in [-0.15, -0.1) is 0 Å². The fourth-order valence-electron chi connectivity index (χ4n) is 8.97. The molecule has 1 saturated carbocycles. The molecule has 0 amide bonds. The van der Waals surface area contributed by atoms with E-state index in [1.807, 2.05) is 6.92 Å². The number of rotatable bonds is 26. The smallest absolute Gasteiger partial charge is 0.462 e. The van der Waals surface area contributed by atoms with E-state index in [4.69, 9.17) is 18.5 Å². The molecule has 0 aromatic carbocycles. The van der Waals surface area contributed by atoms with Crippen molar-refractivity contribution in [3.8, 4) is 0 Å². The largest absolute Gasteiger partial charge is 0.472 e. The van der Waals surface area contributed by atoms with Crippen molar-refractivity contribution in [3.63, 3.8) is 0 Å². The van der Waals surface area contributed by atoms with Crippen molar-refractivity contribution in [2.24, 2.45) is 11.8 Å². The molecule has 1 saturated heterocycles. The lowest BCUT2D eigenvalue weighted by Gasteiger charge is -2.37. The molecular formula is C49H91O16P. The first-order valence-corrected chi connectivity index (χ1v) is 27.2. The van der Waals surface area contributed by atoms with Gasteiger partial charge < -0.3 is 55.2 Å². The summed E-state index contributed by atoms with van der Waals surface area (Å²) < 4.78 is 34.8. The highest BCUT2D eigenvalue weighted by molar-refractivity contribution is 7.47. The Morgan fingerprint density at radius 1 is 0.697 bits per heavy atom. The average molecular weight is 967 g/mol. The number of cyclic esters (lactones) is 1. The van der Waals surface area contributed by atoms with Crippen molar-refractivity contribution in [2.75, 3.05) is 13.2 Å². The zero-order valence-electron chi connectivity index (χ0n) is 40.3. The lowest BCUT2D eigenvalue weighted by Crippen LogP contribution is -2.55. The Kier molecular flexibility index (Phi) is 32.6. The van der Waals surface area contributed by atoms with Crippen LogP contribution < -0.4 is 0 Å². The minimum atomic E-state index is -5.42. The molecule has 388 valence electrons. The van der Waals surface area contributed by atoms with Crippen molar-refractivity contribution in [1.29, 1.82) is 0 Å². The quantitative estimate of drug-likeness (QED) is 0.0183. The van der Waals surface area contributed by atoms with E-state index in [1.165, 1.54) is 89.2 Å². The van der Waals surface area contributed by atoms with Gasteiger partial charge in [-0.25, -0.2) is 4.57 Å². The van der Waals surface area contributed by atoms with Gasteiger partial charge in [0.1, 0.15) is 31.0 Å². The van der Waals surface area contributed by atoms with Crippen LogP contribution in [0.2, 0.25) is 0 Å². The van der Waals surface area contributed by atoms with E-state index >= 15 is 0 Å². The molecule has 1 aliphatic heterocycles. The second kappa shape index (κ2) is 35.6. The highest BCUT2D eigenvalue weighted by Gasteiger charge is 2.49. The first-order chi connectivity index (χ1) is 31.6. The van der Waals surface area contributed by atoms with Crippen LogP contribution in [0.4, 0.5) is 0 Å². The van der Waals surface area contributed by atoms with Crippen LogP contribution in [-0.2, 0) is 32.7 Å². The van der Waals surface area contributed by atoms with Crippen molar-refractivity contribution < 1.29 is 78.4 Å². The van der Waals surface area contributed by atoms with Crippen LogP contribution in [-0.4, -0.2) is 132 Å². The molecule has 66 heavy (non-hydrogen) atoms. The number of phosphoric acid groups is 1. The van der Waals surface area contributed by atoms with Crippen LogP contribution in [0.5, 0.6) is 0 Å². The maximum Gasteiger partial charge on any atom is 0.472 e. The summed E-state index contributed by atoms with van der Waals surface area (Å²) in [5.74, 6) is -3.85. The predicted octanol–water partition coefficient (Wildman–Crippen LogP) is 7.00. The van der Waals surface area contributed by atoms with Gasteiger partial charge in [0.05, 0.1) is 37.1 Å². The van der Waals surface area contributed by atoms with Gasteiger partial charge in [-0.2, -0.15) is 0 Å². The number of aliphatic hydroxyl groups is 8. The Morgan fingerprint density at radius 2 is 1.23 bits per heavy atom. The molecule has 0 radical (unpaired) electrons. The van der Waals surface area contributed by atoms with Crippen molar-refractivity contribution in [3.05, 3.63) is 12.2 Å². The van der Waals surface area contributed by atoms with Crippen LogP contribution in [0.25, 0.3) is 0 Å². The molecule has 17 heteroatoms. The van der Waals surface area contributed by atoms with Crippen LogP contribution >= 0.6 is 7.82 Å². The number of aliphatic hydroxyl groups excluding tert-OH is 8. The zero-order chi connectivity index (χ0) is 48.7. The van der Waals surface area contributed by atoms with Gasteiger partial charge in [0.25, 0.3) is 0 Å². The van der Waals surface area contributed by atoms with E-state index < -0.39 is 112 Å². The van der Waals surface area contributed by atoms with Crippen molar-refractivity contribution in [2.45, 2.75) is 261 Å². The van der Waals surface area contributed by atoms with Crippen LogP contribution in [0.15, 0.2) is 12.2 Å². The van der Waals surface area contributed by atoms with Crippen molar-refractivity contribution >= 4 is 19.8 Å². The number of fused-ring (bicyclic) bond motifs is 4. The van der Waals surface area contributed by atoms with E-state index in [-0.39, 0.29) is 19.3 Å². The SMILES string of the molecule is CCCCCCCCCCCCCCCCCCCC(=O)OC[C@@H]1COP(=O)(O)O[C@H]2[C@H](O)[C@@H](O)[C@H](O)[C@@H](CCCCCCC(=O)O1)[C@@H](O)C[C@@H](O)[C@H](/C=C/[C@@H](O)CCCCC)[C@@H](O)[C@H]2O. The topological polar surface area (TPSA) is 270 Å². The average Bonchev–Trinajstić information content (AvgIpc) is 3.28. The number of phosphoric ester groups is 1. The molecular weight excluding hydrogens is 875 g/mol. The molecule has 13 atom stereocenters. The molecule has 1 unspecified atom stereocenters. The Bertz CT molecular complexity index is 1340. The summed E-state index contributed by atoms with van der Waals surface area (Å²) in [6, 6.07) is 0. The summed E-state index contributed by atoms with van der Waals surface area (Å²) in [5, 5.41) is 90.1. The third-order valence-electron chi connectivity index (χ3n) is 13.2. The fraction of sp³-hybridized carbons (Fsp3) is 0.918.